The molecule has 0 spiro atoms. The van der Waals surface area contributed by atoms with Crippen LogP contribution in [0, 0.1) is 16.7 Å². The van der Waals surface area contributed by atoms with Gasteiger partial charge >= 0.3 is 0 Å². The van der Waals surface area contributed by atoms with Crippen LogP contribution in [0.25, 0.3) is 0 Å². The zero-order valence-electron chi connectivity index (χ0n) is 13.2. The molecule has 0 aliphatic carbocycles. The third-order valence-electron chi connectivity index (χ3n) is 3.94. The van der Waals surface area contributed by atoms with Crippen molar-refractivity contribution >= 4 is 15.9 Å². The molecule has 2 unspecified atom stereocenters. The third-order valence-corrected chi connectivity index (χ3v) is 4.43. The van der Waals surface area contributed by atoms with Crippen molar-refractivity contribution in [2.75, 3.05) is 13.2 Å². The number of rotatable bonds is 7. The van der Waals surface area contributed by atoms with E-state index in [1.165, 1.54) is 0 Å². The van der Waals surface area contributed by atoms with Gasteiger partial charge in [0.15, 0.2) is 0 Å². The van der Waals surface area contributed by atoms with E-state index in [4.69, 9.17) is 10.00 Å². The molecule has 0 aromatic heterocycles. The lowest BCUT2D eigenvalue weighted by Crippen LogP contribution is -2.36. The lowest BCUT2D eigenvalue weighted by atomic mass is 9.75. The van der Waals surface area contributed by atoms with E-state index >= 15 is 0 Å². The Morgan fingerprint density at radius 2 is 2.05 bits per heavy atom. The number of aliphatic hydroxyl groups excluding tert-OH is 1. The highest BCUT2D eigenvalue weighted by Gasteiger charge is 2.32. The molecule has 3 nitrogen and oxygen atoms in total. The fraction of sp³-hybridized carbons (Fsp3) is 0.588. The standard InChI is InChI=1S/C17H24BrNO2/c1-13(20)17(4,14-6-5-7-15(18)10-14)8-9-21-12-16(2,3)11-19/h5-7,10,13,20H,8-9,12H2,1-4H3. The van der Waals surface area contributed by atoms with Crippen LogP contribution in [0.5, 0.6) is 0 Å². The summed E-state index contributed by atoms with van der Waals surface area (Å²) in [5, 5.41) is 19.2. The van der Waals surface area contributed by atoms with Crippen molar-refractivity contribution in [3.63, 3.8) is 0 Å². The summed E-state index contributed by atoms with van der Waals surface area (Å²) < 4.78 is 6.64. The minimum absolute atomic E-state index is 0.374. The highest BCUT2D eigenvalue weighted by Crippen LogP contribution is 2.33. The second kappa shape index (κ2) is 7.40. The van der Waals surface area contributed by atoms with Gasteiger partial charge in [0, 0.05) is 16.5 Å². The quantitative estimate of drug-likeness (QED) is 0.752. The average molecular weight is 354 g/mol. The number of halogens is 1. The summed E-state index contributed by atoms with van der Waals surface area (Å²) in [4.78, 5) is 0. The van der Waals surface area contributed by atoms with Crippen molar-refractivity contribution in [3.05, 3.63) is 34.3 Å². The van der Waals surface area contributed by atoms with Gasteiger partial charge < -0.3 is 9.84 Å². The SMILES string of the molecule is CC(O)C(C)(CCOCC(C)(C)C#N)c1cccc(Br)c1. The molecule has 0 bridgehead atoms. The van der Waals surface area contributed by atoms with E-state index in [0.29, 0.717) is 19.6 Å². The Hall–Kier alpha value is -0.890. The number of hydrogen-bond donors (Lipinski definition) is 1. The Morgan fingerprint density at radius 3 is 2.57 bits per heavy atom. The van der Waals surface area contributed by atoms with Crippen molar-refractivity contribution < 1.29 is 9.84 Å². The zero-order chi connectivity index (χ0) is 16.1. The fourth-order valence-electron chi connectivity index (χ4n) is 2.08. The molecule has 0 saturated heterocycles. The summed E-state index contributed by atoms with van der Waals surface area (Å²) in [6, 6.07) is 10.2. The molecule has 0 radical (unpaired) electrons. The van der Waals surface area contributed by atoms with Crippen LogP contribution in [-0.4, -0.2) is 24.4 Å². The molecule has 116 valence electrons. The fourth-order valence-corrected chi connectivity index (χ4v) is 2.48. The Labute approximate surface area is 136 Å². The van der Waals surface area contributed by atoms with Gasteiger partial charge in [-0.2, -0.15) is 5.26 Å². The van der Waals surface area contributed by atoms with Gasteiger partial charge in [-0.3, -0.25) is 0 Å². The predicted molar refractivity (Wildman–Crippen MR) is 88.0 cm³/mol. The number of benzene rings is 1. The topological polar surface area (TPSA) is 53.2 Å². The normalized spacial score (nSPS) is 16.0. The Kier molecular flexibility index (Phi) is 6.40. The van der Waals surface area contributed by atoms with E-state index in [0.717, 1.165) is 10.0 Å². The van der Waals surface area contributed by atoms with Gasteiger partial charge in [-0.1, -0.05) is 35.0 Å². The molecule has 1 aromatic rings. The van der Waals surface area contributed by atoms with Gasteiger partial charge in [-0.05, 0) is 44.9 Å². The first-order chi connectivity index (χ1) is 9.71. The molecule has 0 saturated carbocycles. The largest absolute Gasteiger partial charge is 0.392 e. The monoisotopic (exact) mass is 353 g/mol. The van der Waals surface area contributed by atoms with E-state index < -0.39 is 11.5 Å². The van der Waals surface area contributed by atoms with Crippen LogP contribution in [0.3, 0.4) is 0 Å². The molecule has 21 heavy (non-hydrogen) atoms. The van der Waals surface area contributed by atoms with Crippen molar-refractivity contribution in [1.29, 1.82) is 5.26 Å². The summed E-state index contributed by atoms with van der Waals surface area (Å²) in [5.74, 6) is 0. The zero-order valence-corrected chi connectivity index (χ0v) is 14.8. The number of nitrogens with zero attached hydrogens (tertiary/aromatic N) is 1. The molecular formula is C17H24BrNO2. The van der Waals surface area contributed by atoms with Gasteiger partial charge in [0.05, 0.1) is 24.2 Å². The van der Waals surface area contributed by atoms with Crippen molar-refractivity contribution in [1.82, 2.24) is 0 Å². The number of aliphatic hydroxyl groups is 1. The summed E-state index contributed by atoms with van der Waals surface area (Å²) in [6.45, 7) is 8.47. The first-order valence-electron chi connectivity index (χ1n) is 7.14. The van der Waals surface area contributed by atoms with Crippen LogP contribution in [0.4, 0.5) is 0 Å². The van der Waals surface area contributed by atoms with Crippen LogP contribution in [0.2, 0.25) is 0 Å². The lowest BCUT2D eigenvalue weighted by Gasteiger charge is -2.33. The van der Waals surface area contributed by atoms with Gasteiger partial charge in [0.25, 0.3) is 0 Å². The Bertz CT molecular complexity index is 508. The maximum atomic E-state index is 10.2. The summed E-state index contributed by atoms with van der Waals surface area (Å²) in [6.07, 6.45) is 0.210. The third kappa shape index (κ3) is 5.10. The molecule has 0 fully saturated rings. The molecule has 2 atom stereocenters. The van der Waals surface area contributed by atoms with Gasteiger partial charge in [-0.15, -0.1) is 0 Å². The summed E-state index contributed by atoms with van der Waals surface area (Å²) >= 11 is 3.47. The Morgan fingerprint density at radius 1 is 1.38 bits per heavy atom. The molecule has 0 aliphatic rings. The molecule has 0 aliphatic heterocycles. The molecule has 4 heteroatoms. The number of ether oxygens (including phenoxy) is 1. The van der Waals surface area contributed by atoms with Crippen LogP contribution >= 0.6 is 15.9 Å². The smallest absolute Gasteiger partial charge is 0.0750 e. The van der Waals surface area contributed by atoms with Crippen molar-refractivity contribution in [2.24, 2.45) is 5.41 Å². The highest BCUT2D eigenvalue weighted by molar-refractivity contribution is 9.10. The van der Waals surface area contributed by atoms with E-state index in [-0.39, 0.29) is 5.41 Å². The van der Waals surface area contributed by atoms with Gasteiger partial charge in [0.1, 0.15) is 0 Å². The van der Waals surface area contributed by atoms with Crippen molar-refractivity contribution in [3.8, 4) is 6.07 Å². The average Bonchev–Trinajstić information content (AvgIpc) is 2.43. The summed E-state index contributed by atoms with van der Waals surface area (Å²) in [7, 11) is 0. The molecule has 1 N–H and O–H groups in total. The first kappa shape index (κ1) is 18.2. The molecule has 1 aromatic carbocycles. The van der Waals surface area contributed by atoms with E-state index in [9.17, 15) is 5.11 Å². The Balaban J connectivity index is 2.73. The lowest BCUT2D eigenvalue weighted by molar-refractivity contribution is 0.0424. The van der Waals surface area contributed by atoms with Crippen LogP contribution < -0.4 is 0 Å². The molecule has 0 amide bonds. The van der Waals surface area contributed by atoms with E-state index in [1.54, 1.807) is 6.92 Å². The van der Waals surface area contributed by atoms with Crippen LogP contribution in [-0.2, 0) is 10.2 Å². The first-order valence-corrected chi connectivity index (χ1v) is 7.94. The van der Waals surface area contributed by atoms with Gasteiger partial charge in [0.2, 0.25) is 0 Å². The maximum Gasteiger partial charge on any atom is 0.0750 e. The molecule has 1 rings (SSSR count). The van der Waals surface area contributed by atoms with Crippen molar-refractivity contribution in [2.45, 2.75) is 45.6 Å². The minimum Gasteiger partial charge on any atom is -0.392 e. The number of nitriles is 1. The maximum absolute atomic E-state index is 10.2. The second-order valence-corrected chi connectivity index (χ2v) is 7.32. The second-order valence-electron chi connectivity index (χ2n) is 6.40. The van der Waals surface area contributed by atoms with E-state index in [1.807, 2.05) is 45.0 Å². The summed E-state index contributed by atoms with van der Waals surface area (Å²) in [5.41, 5.74) is 0.229. The predicted octanol–water partition coefficient (Wildman–Crippen LogP) is 4.04. The molecule has 0 heterocycles. The van der Waals surface area contributed by atoms with Gasteiger partial charge in [-0.25, -0.2) is 0 Å². The highest BCUT2D eigenvalue weighted by atomic mass is 79.9. The minimum atomic E-state index is -0.487. The molecular weight excluding hydrogens is 330 g/mol. The van der Waals surface area contributed by atoms with Crippen LogP contribution in [0.15, 0.2) is 28.7 Å². The number of hydrogen-bond acceptors (Lipinski definition) is 3. The van der Waals surface area contributed by atoms with Crippen LogP contribution in [0.1, 0.15) is 39.7 Å². The van der Waals surface area contributed by atoms with E-state index in [2.05, 4.69) is 22.0 Å².